The fourth-order valence-electron chi connectivity index (χ4n) is 1.50. The van der Waals surface area contributed by atoms with Gasteiger partial charge in [-0.1, -0.05) is 13.0 Å². The van der Waals surface area contributed by atoms with Gasteiger partial charge in [0.15, 0.2) is 5.82 Å². The molecule has 6 heteroatoms. The summed E-state index contributed by atoms with van der Waals surface area (Å²) in [7, 11) is 0. The van der Waals surface area contributed by atoms with Crippen LogP contribution in [-0.4, -0.2) is 26.8 Å². The lowest BCUT2D eigenvalue weighted by Crippen LogP contribution is -2.17. The third kappa shape index (κ3) is 3.22. The van der Waals surface area contributed by atoms with E-state index in [-0.39, 0.29) is 0 Å². The standard InChI is InChI=1S/C11H14IN5/c1-2-6-13-8-11-14-15-16-17(11)10-5-3-4-9(12)7-10/h3-5,7,13H,2,6,8H2,1H3. The molecule has 0 aliphatic carbocycles. The van der Waals surface area contributed by atoms with Crippen LogP contribution in [-0.2, 0) is 6.54 Å². The molecule has 0 aliphatic rings. The Hall–Kier alpha value is -1.02. The second-order valence-corrected chi connectivity index (χ2v) is 4.91. The molecule has 2 rings (SSSR count). The van der Waals surface area contributed by atoms with Gasteiger partial charge in [-0.2, -0.15) is 4.68 Å². The SMILES string of the molecule is CCCNCc1nnnn1-c1cccc(I)c1. The van der Waals surface area contributed by atoms with Gasteiger partial charge in [0.2, 0.25) is 0 Å². The first-order valence-corrected chi connectivity index (χ1v) is 6.63. The van der Waals surface area contributed by atoms with Crippen LogP contribution in [0.15, 0.2) is 24.3 Å². The summed E-state index contributed by atoms with van der Waals surface area (Å²) in [5, 5.41) is 15.1. The summed E-state index contributed by atoms with van der Waals surface area (Å²) in [6.07, 6.45) is 1.10. The molecular formula is C11H14IN5. The molecule has 0 saturated heterocycles. The van der Waals surface area contributed by atoms with Crippen LogP contribution in [0.3, 0.4) is 0 Å². The lowest BCUT2D eigenvalue weighted by atomic mass is 10.3. The molecule has 2 aromatic rings. The monoisotopic (exact) mass is 343 g/mol. The molecule has 17 heavy (non-hydrogen) atoms. The molecule has 0 atom stereocenters. The topological polar surface area (TPSA) is 55.6 Å². The predicted molar refractivity (Wildman–Crippen MR) is 73.9 cm³/mol. The van der Waals surface area contributed by atoms with Gasteiger partial charge in [0.1, 0.15) is 0 Å². The van der Waals surface area contributed by atoms with Crippen molar-refractivity contribution in [2.24, 2.45) is 0 Å². The lowest BCUT2D eigenvalue weighted by Gasteiger charge is -2.05. The molecular weight excluding hydrogens is 329 g/mol. The lowest BCUT2D eigenvalue weighted by molar-refractivity contribution is 0.633. The minimum atomic E-state index is 0.687. The summed E-state index contributed by atoms with van der Waals surface area (Å²) in [6.45, 7) is 3.79. The van der Waals surface area contributed by atoms with Crippen molar-refractivity contribution in [1.29, 1.82) is 0 Å². The first-order chi connectivity index (χ1) is 8.31. The Morgan fingerprint density at radius 3 is 3.06 bits per heavy atom. The fraction of sp³-hybridized carbons (Fsp3) is 0.364. The quantitative estimate of drug-likeness (QED) is 0.664. The number of aromatic nitrogens is 4. The molecule has 0 amide bonds. The van der Waals surface area contributed by atoms with Gasteiger partial charge in [-0.15, -0.1) is 5.10 Å². The maximum atomic E-state index is 4.03. The Balaban J connectivity index is 2.18. The van der Waals surface area contributed by atoms with E-state index in [1.54, 1.807) is 4.68 Å². The van der Waals surface area contributed by atoms with Gasteiger partial charge in [0.05, 0.1) is 12.2 Å². The van der Waals surface area contributed by atoms with Crippen LogP contribution < -0.4 is 5.32 Å². The number of rotatable bonds is 5. The molecule has 1 heterocycles. The zero-order chi connectivity index (χ0) is 12.1. The highest BCUT2D eigenvalue weighted by Gasteiger charge is 2.07. The van der Waals surface area contributed by atoms with E-state index in [0.717, 1.165) is 24.5 Å². The average Bonchev–Trinajstić information content (AvgIpc) is 2.78. The molecule has 0 bridgehead atoms. The van der Waals surface area contributed by atoms with Gasteiger partial charge in [-0.25, -0.2) is 0 Å². The van der Waals surface area contributed by atoms with E-state index in [9.17, 15) is 0 Å². The van der Waals surface area contributed by atoms with Crippen molar-refractivity contribution < 1.29 is 0 Å². The summed E-state index contributed by atoms with van der Waals surface area (Å²) in [6, 6.07) is 8.10. The Labute approximate surface area is 114 Å². The second-order valence-electron chi connectivity index (χ2n) is 3.66. The van der Waals surface area contributed by atoms with E-state index in [1.165, 1.54) is 3.57 Å². The Morgan fingerprint density at radius 1 is 1.41 bits per heavy atom. The van der Waals surface area contributed by atoms with Crippen LogP contribution in [0.1, 0.15) is 19.2 Å². The molecule has 90 valence electrons. The van der Waals surface area contributed by atoms with Gasteiger partial charge < -0.3 is 5.32 Å². The van der Waals surface area contributed by atoms with E-state index in [0.29, 0.717) is 6.54 Å². The summed E-state index contributed by atoms with van der Waals surface area (Å²) in [5.41, 5.74) is 0.996. The van der Waals surface area contributed by atoms with Crippen LogP contribution in [0.4, 0.5) is 0 Å². The Kier molecular flexibility index (Phi) is 4.43. The third-order valence-electron chi connectivity index (χ3n) is 2.30. The van der Waals surface area contributed by atoms with Gasteiger partial charge in [-0.3, -0.25) is 0 Å². The van der Waals surface area contributed by atoms with Crippen molar-refractivity contribution >= 4 is 22.6 Å². The maximum absolute atomic E-state index is 4.03. The van der Waals surface area contributed by atoms with E-state index in [2.05, 4.69) is 56.4 Å². The number of hydrogen-bond donors (Lipinski definition) is 1. The van der Waals surface area contributed by atoms with Crippen molar-refractivity contribution in [1.82, 2.24) is 25.5 Å². The van der Waals surface area contributed by atoms with E-state index < -0.39 is 0 Å². The highest BCUT2D eigenvalue weighted by molar-refractivity contribution is 14.1. The maximum Gasteiger partial charge on any atom is 0.170 e. The van der Waals surface area contributed by atoms with Crippen LogP contribution in [0.5, 0.6) is 0 Å². The number of nitrogens with one attached hydrogen (secondary N) is 1. The number of hydrogen-bond acceptors (Lipinski definition) is 4. The molecule has 1 aromatic heterocycles. The van der Waals surface area contributed by atoms with Gasteiger partial charge in [-0.05, 0) is 64.2 Å². The van der Waals surface area contributed by atoms with Gasteiger partial charge in [0, 0.05) is 3.57 Å². The highest BCUT2D eigenvalue weighted by Crippen LogP contribution is 2.12. The normalized spacial score (nSPS) is 10.7. The fourth-order valence-corrected chi connectivity index (χ4v) is 2.03. The zero-order valence-electron chi connectivity index (χ0n) is 9.60. The van der Waals surface area contributed by atoms with Crippen molar-refractivity contribution in [3.05, 3.63) is 33.7 Å². The minimum absolute atomic E-state index is 0.687. The first-order valence-electron chi connectivity index (χ1n) is 5.55. The summed E-state index contributed by atoms with van der Waals surface area (Å²) >= 11 is 2.28. The van der Waals surface area contributed by atoms with Crippen molar-refractivity contribution in [3.8, 4) is 5.69 Å². The predicted octanol–water partition coefficient (Wildman–Crippen LogP) is 1.77. The van der Waals surface area contributed by atoms with E-state index in [1.807, 2.05) is 18.2 Å². The Bertz CT molecular complexity index is 482. The molecule has 1 aromatic carbocycles. The minimum Gasteiger partial charge on any atom is -0.310 e. The van der Waals surface area contributed by atoms with Crippen molar-refractivity contribution in [3.63, 3.8) is 0 Å². The largest absolute Gasteiger partial charge is 0.310 e. The number of halogens is 1. The summed E-state index contributed by atoms with van der Waals surface area (Å²) < 4.78 is 2.94. The molecule has 0 fully saturated rings. The highest BCUT2D eigenvalue weighted by atomic mass is 127. The number of benzene rings is 1. The van der Waals surface area contributed by atoms with Crippen molar-refractivity contribution in [2.45, 2.75) is 19.9 Å². The van der Waals surface area contributed by atoms with Gasteiger partial charge in [0.25, 0.3) is 0 Å². The van der Waals surface area contributed by atoms with Gasteiger partial charge >= 0.3 is 0 Å². The van der Waals surface area contributed by atoms with Crippen LogP contribution in [0.25, 0.3) is 5.69 Å². The summed E-state index contributed by atoms with van der Waals surface area (Å²) in [5.74, 6) is 0.834. The molecule has 0 spiro atoms. The molecule has 0 aliphatic heterocycles. The zero-order valence-corrected chi connectivity index (χ0v) is 11.8. The molecule has 1 N–H and O–H groups in total. The van der Waals surface area contributed by atoms with Crippen LogP contribution in [0, 0.1) is 3.57 Å². The van der Waals surface area contributed by atoms with E-state index in [4.69, 9.17) is 0 Å². The number of tetrazole rings is 1. The Morgan fingerprint density at radius 2 is 2.29 bits per heavy atom. The molecule has 0 unspecified atom stereocenters. The molecule has 5 nitrogen and oxygen atoms in total. The number of nitrogens with zero attached hydrogens (tertiary/aromatic N) is 4. The van der Waals surface area contributed by atoms with Crippen LogP contribution in [0.2, 0.25) is 0 Å². The first kappa shape index (κ1) is 12.4. The van der Waals surface area contributed by atoms with Crippen molar-refractivity contribution in [2.75, 3.05) is 6.54 Å². The molecule has 0 saturated carbocycles. The second kappa shape index (κ2) is 6.06. The average molecular weight is 343 g/mol. The smallest absolute Gasteiger partial charge is 0.170 e. The molecule has 0 radical (unpaired) electrons. The summed E-state index contributed by atoms with van der Waals surface area (Å²) in [4.78, 5) is 0. The van der Waals surface area contributed by atoms with E-state index >= 15 is 0 Å². The third-order valence-corrected chi connectivity index (χ3v) is 2.97. The van der Waals surface area contributed by atoms with Crippen LogP contribution >= 0.6 is 22.6 Å².